The summed E-state index contributed by atoms with van der Waals surface area (Å²) < 4.78 is 0. The van der Waals surface area contributed by atoms with Crippen molar-refractivity contribution in [3.63, 3.8) is 0 Å². The van der Waals surface area contributed by atoms with Crippen LogP contribution in [0.4, 0.5) is 0 Å². The Kier molecular flexibility index (Phi) is 4.55. The summed E-state index contributed by atoms with van der Waals surface area (Å²) >= 11 is 6.40. The van der Waals surface area contributed by atoms with Crippen LogP contribution in [0.15, 0.2) is 103 Å². The average Bonchev–Trinajstić information content (AvgIpc) is 2.79. The molecule has 0 unspecified atom stereocenters. The first kappa shape index (κ1) is 17.6. The number of hydrogen-bond acceptors (Lipinski definition) is 2. The standard InChI is InChI=1S/C26H17ClN2/c27-26-25(28-23-8-4-5-9-24(23)29-26)22-16-14-21(15-17-22)20-12-10-19(11-13-20)18-6-2-1-3-7-18/h1-17H. The van der Waals surface area contributed by atoms with Gasteiger partial charge in [0.15, 0.2) is 5.15 Å². The number of rotatable bonds is 3. The first-order valence-corrected chi connectivity index (χ1v) is 9.84. The van der Waals surface area contributed by atoms with Crippen molar-refractivity contribution in [1.82, 2.24) is 9.97 Å². The molecule has 0 aliphatic heterocycles. The number of halogens is 1. The van der Waals surface area contributed by atoms with Gasteiger partial charge in [0, 0.05) is 5.56 Å². The highest BCUT2D eigenvalue weighted by Gasteiger charge is 2.09. The van der Waals surface area contributed by atoms with E-state index in [1.54, 1.807) is 0 Å². The lowest BCUT2D eigenvalue weighted by molar-refractivity contribution is 1.29. The molecule has 0 radical (unpaired) electrons. The molecule has 0 atom stereocenters. The topological polar surface area (TPSA) is 25.8 Å². The number of para-hydroxylation sites is 2. The van der Waals surface area contributed by atoms with E-state index >= 15 is 0 Å². The minimum Gasteiger partial charge on any atom is -0.243 e. The Morgan fingerprint density at radius 2 is 0.828 bits per heavy atom. The van der Waals surface area contributed by atoms with E-state index in [4.69, 9.17) is 16.6 Å². The van der Waals surface area contributed by atoms with Gasteiger partial charge in [0.1, 0.15) is 5.69 Å². The smallest absolute Gasteiger partial charge is 0.156 e. The highest BCUT2D eigenvalue weighted by atomic mass is 35.5. The Morgan fingerprint density at radius 1 is 0.414 bits per heavy atom. The molecule has 0 aliphatic carbocycles. The lowest BCUT2D eigenvalue weighted by atomic mass is 9.99. The second-order valence-corrected chi connectivity index (χ2v) is 7.23. The molecule has 3 heteroatoms. The molecule has 5 rings (SSSR count). The third kappa shape index (κ3) is 3.51. The van der Waals surface area contributed by atoms with Crippen molar-refractivity contribution in [2.24, 2.45) is 0 Å². The van der Waals surface area contributed by atoms with Crippen LogP contribution in [0.25, 0.3) is 44.5 Å². The number of aromatic nitrogens is 2. The molecule has 1 aromatic heterocycles. The van der Waals surface area contributed by atoms with Crippen molar-refractivity contribution >= 4 is 22.6 Å². The van der Waals surface area contributed by atoms with Crippen LogP contribution in [0.1, 0.15) is 0 Å². The maximum Gasteiger partial charge on any atom is 0.156 e. The van der Waals surface area contributed by atoms with Gasteiger partial charge in [0.25, 0.3) is 0 Å². The van der Waals surface area contributed by atoms with Gasteiger partial charge in [0.2, 0.25) is 0 Å². The highest BCUT2D eigenvalue weighted by Crippen LogP contribution is 2.30. The molecular weight excluding hydrogens is 376 g/mol. The van der Waals surface area contributed by atoms with Crippen LogP contribution in [0.2, 0.25) is 5.15 Å². The van der Waals surface area contributed by atoms with Crippen LogP contribution >= 0.6 is 11.6 Å². The largest absolute Gasteiger partial charge is 0.243 e. The SMILES string of the molecule is Clc1nc2ccccc2nc1-c1ccc(-c2ccc(-c3ccccc3)cc2)cc1. The van der Waals surface area contributed by atoms with Crippen molar-refractivity contribution in [2.75, 3.05) is 0 Å². The summed E-state index contributed by atoms with van der Waals surface area (Å²) in [4.78, 5) is 9.17. The van der Waals surface area contributed by atoms with Crippen LogP contribution in [0.3, 0.4) is 0 Å². The van der Waals surface area contributed by atoms with Gasteiger partial charge in [0.05, 0.1) is 11.0 Å². The fourth-order valence-electron chi connectivity index (χ4n) is 3.47. The fraction of sp³-hybridized carbons (Fsp3) is 0. The lowest BCUT2D eigenvalue weighted by Gasteiger charge is -2.08. The predicted molar refractivity (Wildman–Crippen MR) is 121 cm³/mol. The monoisotopic (exact) mass is 392 g/mol. The van der Waals surface area contributed by atoms with E-state index in [9.17, 15) is 0 Å². The maximum atomic E-state index is 6.40. The molecule has 2 nitrogen and oxygen atoms in total. The first-order chi connectivity index (χ1) is 14.3. The molecule has 0 fully saturated rings. The molecule has 5 aromatic rings. The van der Waals surface area contributed by atoms with E-state index in [0.29, 0.717) is 10.8 Å². The van der Waals surface area contributed by atoms with Crippen LogP contribution < -0.4 is 0 Å². The molecule has 1 heterocycles. The molecule has 0 saturated carbocycles. The molecule has 138 valence electrons. The van der Waals surface area contributed by atoms with E-state index in [-0.39, 0.29) is 0 Å². The van der Waals surface area contributed by atoms with Crippen molar-refractivity contribution < 1.29 is 0 Å². The van der Waals surface area contributed by atoms with Crippen LogP contribution in [0, 0.1) is 0 Å². The zero-order valence-corrected chi connectivity index (χ0v) is 16.3. The molecule has 0 aliphatic rings. The summed E-state index contributed by atoms with van der Waals surface area (Å²) in [5.74, 6) is 0. The number of fused-ring (bicyclic) bond motifs is 1. The van der Waals surface area contributed by atoms with Crippen LogP contribution in [-0.4, -0.2) is 9.97 Å². The summed E-state index contributed by atoms with van der Waals surface area (Å²) in [5.41, 5.74) is 8.06. The Hall–Kier alpha value is -3.49. The van der Waals surface area contributed by atoms with Crippen molar-refractivity contribution in [3.05, 3.63) is 108 Å². The summed E-state index contributed by atoms with van der Waals surface area (Å²) in [6, 6.07) is 35.1. The summed E-state index contributed by atoms with van der Waals surface area (Å²) in [7, 11) is 0. The van der Waals surface area contributed by atoms with Crippen molar-refractivity contribution in [1.29, 1.82) is 0 Å². The molecule has 4 aromatic carbocycles. The minimum absolute atomic E-state index is 0.420. The van der Waals surface area contributed by atoms with E-state index in [2.05, 4.69) is 65.6 Å². The molecule has 0 saturated heterocycles. The lowest BCUT2D eigenvalue weighted by Crippen LogP contribution is -1.91. The van der Waals surface area contributed by atoms with Gasteiger partial charge in [-0.15, -0.1) is 0 Å². The molecule has 0 amide bonds. The molecule has 29 heavy (non-hydrogen) atoms. The molecule has 0 bridgehead atoms. The summed E-state index contributed by atoms with van der Waals surface area (Å²) in [5, 5.41) is 0.420. The highest BCUT2D eigenvalue weighted by molar-refractivity contribution is 6.32. The van der Waals surface area contributed by atoms with Gasteiger partial charge >= 0.3 is 0 Å². The predicted octanol–water partition coefficient (Wildman–Crippen LogP) is 7.28. The second-order valence-electron chi connectivity index (χ2n) is 6.87. The van der Waals surface area contributed by atoms with Gasteiger partial charge in [-0.1, -0.05) is 103 Å². The van der Waals surface area contributed by atoms with Crippen molar-refractivity contribution in [2.45, 2.75) is 0 Å². The zero-order chi connectivity index (χ0) is 19.6. The Labute approximate surface area is 174 Å². The summed E-state index contributed by atoms with van der Waals surface area (Å²) in [6.07, 6.45) is 0. The quantitative estimate of drug-likeness (QED) is 0.322. The van der Waals surface area contributed by atoms with Gasteiger partial charge in [-0.3, -0.25) is 0 Å². The number of hydrogen-bond donors (Lipinski definition) is 0. The van der Waals surface area contributed by atoms with E-state index in [1.165, 1.54) is 16.7 Å². The zero-order valence-electron chi connectivity index (χ0n) is 15.6. The Bertz CT molecular complexity index is 1280. The average molecular weight is 393 g/mol. The third-order valence-corrected chi connectivity index (χ3v) is 5.28. The van der Waals surface area contributed by atoms with Gasteiger partial charge < -0.3 is 0 Å². The van der Waals surface area contributed by atoms with E-state index in [0.717, 1.165) is 22.2 Å². The molecule has 0 spiro atoms. The molecular formula is C26H17ClN2. The van der Waals surface area contributed by atoms with Gasteiger partial charge in [-0.2, -0.15) is 0 Å². The van der Waals surface area contributed by atoms with Gasteiger partial charge in [-0.05, 0) is 34.4 Å². The third-order valence-electron chi connectivity index (χ3n) is 5.01. The Morgan fingerprint density at radius 3 is 1.38 bits per heavy atom. The number of benzene rings is 4. The number of nitrogens with zero attached hydrogens (tertiary/aromatic N) is 2. The van der Waals surface area contributed by atoms with Gasteiger partial charge in [-0.25, -0.2) is 9.97 Å². The van der Waals surface area contributed by atoms with Crippen LogP contribution in [-0.2, 0) is 0 Å². The first-order valence-electron chi connectivity index (χ1n) is 9.46. The second kappa shape index (κ2) is 7.50. The summed E-state index contributed by atoms with van der Waals surface area (Å²) in [6.45, 7) is 0. The maximum absolute atomic E-state index is 6.40. The van der Waals surface area contributed by atoms with E-state index < -0.39 is 0 Å². The molecule has 0 N–H and O–H groups in total. The fourth-order valence-corrected chi connectivity index (χ4v) is 3.71. The minimum atomic E-state index is 0.420. The van der Waals surface area contributed by atoms with E-state index in [1.807, 2.05) is 42.5 Å². The van der Waals surface area contributed by atoms with Crippen LogP contribution in [0.5, 0.6) is 0 Å². The van der Waals surface area contributed by atoms with Crippen molar-refractivity contribution in [3.8, 4) is 33.5 Å². The normalized spacial score (nSPS) is 10.9. The Balaban J connectivity index is 1.45.